The minimum atomic E-state index is -0.435. The normalized spacial score (nSPS) is 13.4. The molecule has 0 spiro atoms. The van der Waals surface area contributed by atoms with E-state index in [4.69, 9.17) is 0 Å². The molecule has 1 aliphatic heterocycles. The molecule has 3 heterocycles. The molecule has 0 atom stereocenters. The van der Waals surface area contributed by atoms with Crippen LogP contribution in [0.2, 0.25) is 0 Å². The van der Waals surface area contributed by atoms with Gasteiger partial charge in [0.2, 0.25) is 5.91 Å². The number of hydrogen-bond donors (Lipinski definition) is 2. The molecule has 31 heavy (non-hydrogen) atoms. The number of carbonyl (C=O) groups excluding carboxylic acids is 3. The van der Waals surface area contributed by atoms with Crippen molar-refractivity contribution >= 4 is 29.2 Å². The van der Waals surface area contributed by atoms with Gasteiger partial charge in [-0.3, -0.25) is 19.5 Å². The molecule has 1 aliphatic rings. The van der Waals surface area contributed by atoms with Crippen LogP contribution in [0.4, 0.5) is 4.79 Å². The van der Waals surface area contributed by atoms with Gasteiger partial charge in [0, 0.05) is 41.9 Å². The lowest BCUT2D eigenvalue weighted by atomic mass is 10.1. The predicted molar refractivity (Wildman–Crippen MR) is 116 cm³/mol. The van der Waals surface area contributed by atoms with Crippen LogP contribution in [0.25, 0.3) is 11.3 Å². The number of aryl methyl sites for hydroxylation is 1. The Labute approximate surface area is 183 Å². The van der Waals surface area contributed by atoms with Crippen molar-refractivity contribution in [2.45, 2.75) is 19.4 Å². The smallest absolute Gasteiger partial charge is 0.324 e. The summed E-state index contributed by atoms with van der Waals surface area (Å²) in [6.07, 6.45) is 5.01. The highest BCUT2D eigenvalue weighted by molar-refractivity contribution is 7.09. The Morgan fingerprint density at radius 2 is 1.97 bits per heavy atom. The largest absolute Gasteiger partial charge is 0.352 e. The molecule has 4 rings (SSSR count). The number of urea groups is 1. The third kappa shape index (κ3) is 4.95. The summed E-state index contributed by atoms with van der Waals surface area (Å²) in [4.78, 5) is 46.1. The van der Waals surface area contributed by atoms with Gasteiger partial charge < -0.3 is 10.6 Å². The first kappa shape index (κ1) is 20.7. The topological polar surface area (TPSA) is 104 Å². The maximum absolute atomic E-state index is 12.7. The first-order chi connectivity index (χ1) is 15.1. The molecule has 2 N–H and O–H groups in total. The fourth-order valence-electron chi connectivity index (χ4n) is 3.28. The van der Waals surface area contributed by atoms with E-state index in [1.165, 1.54) is 0 Å². The quantitative estimate of drug-likeness (QED) is 0.418. The second-order valence-corrected chi connectivity index (χ2v) is 7.96. The fraction of sp³-hybridized carbons (Fsp3) is 0.227. The minimum Gasteiger partial charge on any atom is -0.352 e. The Hall–Kier alpha value is -3.59. The third-order valence-electron chi connectivity index (χ3n) is 4.91. The number of nitrogens with one attached hydrogen (secondary N) is 2. The summed E-state index contributed by atoms with van der Waals surface area (Å²) in [6, 6.07) is 10.4. The zero-order chi connectivity index (χ0) is 21.6. The van der Waals surface area contributed by atoms with Crippen LogP contribution in [-0.4, -0.2) is 45.8 Å². The lowest BCUT2D eigenvalue weighted by Crippen LogP contribution is -2.32. The number of thiazole rings is 1. The molecule has 3 aromatic rings. The van der Waals surface area contributed by atoms with Crippen LogP contribution in [-0.2, 0) is 17.8 Å². The summed E-state index contributed by atoms with van der Waals surface area (Å²) < 4.78 is 0. The molecule has 0 saturated carbocycles. The van der Waals surface area contributed by atoms with Crippen molar-refractivity contribution in [2.24, 2.45) is 0 Å². The van der Waals surface area contributed by atoms with Crippen molar-refractivity contribution in [3.63, 3.8) is 0 Å². The number of aromatic nitrogens is 2. The van der Waals surface area contributed by atoms with Crippen LogP contribution in [0.3, 0.4) is 0 Å². The molecule has 1 fully saturated rings. The van der Waals surface area contributed by atoms with E-state index in [9.17, 15) is 14.4 Å². The standard InChI is InChI=1S/C22H21N5O3S/c28-20-12-25-22(30)27(20)13-16-4-1-2-5-17(16)21(29)24-9-3-6-19-26-18(14-31-19)15-7-10-23-11-8-15/h1-2,4-5,7-8,10-11,14H,3,6,9,12-13H2,(H,24,29)(H,25,30). The highest BCUT2D eigenvalue weighted by Crippen LogP contribution is 2.21. The number of rotatable bonds is 8. The van der Waals surface area contributed by atoms with Gasteiger partial charge in [-0.15, -0.1) is 11.3 Å². The van der Waals surface area contributed by atoms with Gasteiger partial charge in [0.1, 0.15) is 0 Å². The Balaban J connectivity index is 1.30. The molecule has 1 aromatic carbocycles. The molecule has 0 radical (unpaired) electrons. The monoisotopic (exact) mass is 435 g/mol. The molecule has 9 heteroatoms. The minimum absolute atomic E-state index is 0.00712. The number of imide groups is 1. The van der Waals surface area contributed by atoms with Crippen molar-refractivity contribution < 1.29 is 14.4 Å². The number of benzene rings is 1. The molecule has 158 valence electrons. The number of carbonyl (C=O) groups is 3. The molecular formula is C22H21N5O3S. The van der Waals surface area contributed by atoms with Crippen molar-refractivity contribution in [3.8, 4) is 11.3 Å². The van der Waals surface area contributed by atoms with Crippen molar-refractivity contribution in [1.29, 1.82) is 0 Å². The van der Waals surface area contributed by atoms with Gasteiger partial charge in [0.15, 0.2) is 0 Å². The van der Waals surface area contributed by atoms with Crippen LogP contribution in [0, 0.1) is 0 Å². The number of pyridine rings is 1. The summed E-state index contributed by atoms with van der Waals surface area (Å²) >= 11 is 1.60. The summed E-state index contributed by atoms with van der Waals surface area (Å²) in [7, 11) is 0. The summed E-state index contributed by atoms with van der Waals surface area (Å²) in [6.45, 7) is 0.568. The van der Waals surface area contributed by atoms with Gasteiger partial charge >= 0.3 is 6.03 Å². The van der Waals surface area contributed by atoms with Gasteiger partial charge in [0.25, 0.3) is 5.91 Å². The van der Waals surface area contributed by atoms with E-state index in [-0.39, 0.29) is 24.9 Å². The molecule has 0 unspecified atom stereocenters. The van der Waals surface area contributed by atoms with Crippen molar-refractivity contribution in [2.75, 3.05) is 13.1 Å². The first-order valence-electron chi connectivity index (χ1n) is 9.91. The zero-order valence-electron chi connectivity index (χ0n) is 16.7. The van der Waals surface area contributed by atoms with E-state index in [0.717, 1.165) is 34.0 Å². The van der Waals surface area contributed by atoms with E-state index >= 15 is 0 Å². The van der Waals surface area contributed by atoms with E-state index in [2.05, 4.69) is 20.6 Å². The highest BCUT2D eigenvalue weighted by atomic mass is 32.1. The molecular weight excluding hydrogens is 414 g/mol. The van der Waals surface area contributed by atoms with Crippen LogP contribution in [0.15, 0.2) is 54.2 Å². The van der Waals surface area contributed by atoms with Crippen LogP contribution in [0.5, 0.6) is 0 Å². The summed E-state index contributed by atoms with van der Waals surface area (Å²) in [5.74, 6) is -0.519. The Bertz CT molecular complexity index is 1080. The maximum Gasteiger partial charge on any atom is 0.324 e. The van der Waals surface area contributed by atoms with Gasteiger partial charge in [-0.1, -0.05) is 18.2 Å². The van der Waals surface area contributed by atoms with Crippen molar-refractivity contribution in [1.82, 2.24) is 25.5 Å². The molecule has 8 nitrogen and oxygen atoms in total. The highest BCUT2D eigenvalue weighted by Gasteiger charge is 2.29. The van der Waals surface area contributed by atoms with Crippen LogP contribution >= 0.6 is 11.3 Å². The Morgan fingerprint density at radius 1 is 1.16 bits per heavy atom. The third-order valence-corrected chi connectivity index (χ3v) is 5.82. The maximum atomic E-state index is 12.7. The molecule has 0 bridgehead atoms. The molecule has 1 saturated heterocycles. The summed E-state index contributed by atoms with van der Waals surface area (Å²) in [5.41, 5.74) is 3.06. The SMILES string of the molecule is O=C(NCCCc1nc(-c2ccncc2)cs1)c1ccccc1CN1C(=O)CNC1=O. The first-order valence-corrected chi connectivity index (χ1v) is 10.8. The Morgan fingerprint density at radius 3 is 2.74 bits per heavy atom. The number of hydrogen-bond acceptors (Lipinski definition) is 6. The van der Waals surface area contributed by atoms with E-state index in [0.29, 0.717) is 17.7 Å². The van der Waals surface area contributed by atoms with E-state index < -0.39 is 6.03 Å². The van der Waals surface area contributed by atoms with Gasteiger partial charge in [-0.25, -0.2) is 9.78 Å². The van der Waals surface area contributed by atoms with E-state index in [1.54, 1.807) is 48.0 Å². The second kappa shape index (κ2) is 9.48. The van der Waals surface area contributed by atoms with E-state index in [1.807, 2.05) is 17.5 Å². The van der Waals surface area contributed by atoms with Crippen LogP contribution in [0.1, 0.15) is 27.3 Å². The number of nitrogens with zero attached hydrogens (tertiary/aromatic N) is 3. The van der Waals surface area contributed by atoms with Crippen molar-refractivity contribution in [3.05, 3.63) is 70.3 Å². The average molecular weight is 436 g/mol. The fourth-order valence-corrected chi connectivity index (χ4v) is 4.13. The lowest BCUT2D eigenvalue weighted by molar-refractivity contribution is -0.125. The lowest BCUT2D eigenvalue weighted by Gasteiger charge is -2.15. The second-order valence-electron chi connectivity index (χ2n) is 7.02. The molecule has 0 aliphatic carbocycles. The summed E-state index contributed by atoms with van der Waals surface area (Å²) in [5, 5.41) is 8.44. The molecule has 4 amide bonds. The van der Waals surface area contributed by atoms with Gasteiger partial charge in [-0.2, -0.15) is 0 Å². The van der Waals surface area contributed by atoms with Gasteiger partial charge in [-0.05, 0) is 30.2 Å². The predicted octanol–water partition coefficient (Wildman–Crippen LogP) is 2.62. The van der Waals surface area contributed by atoms with Gasteiger partial charge in [0.05, 0.1) is 23.8 Å². The zero-order valence-corrected chi connectivity index (χ0v) is 17.5. The average Bonchev–Trinajstić information content (AvgIpc) is 3.40. The number of amides is 4. The molecule has 2 aromatic heterocycles. The Kier molecular flexibility index (Phi) is 6.32. The van der Waals surface area contributed by atoms with Crippen LogP contribution < -0.4 is 10.6 Å².